The predicted octanol–water partition coefficient (Wildman–Crippen LogP) is 35.7. The van der Waals surface area contributed by atoms with E-state index >= 15 is 0 Å². The van der Waals surface area contributed by atoms with Gasteiger partial charge in [-0.3, -0.25) is 0 Å². The third-order valence-electron chi connectivity index (χ3n) is 29.6. The molecule has 132 heavy (non-hydrogen) atoms. The fraction of sp³-hybridized carbons (Fsp3) is 0.0159. The number of thiophene rings is 2. The van der Waals surface area contributed by atoms with Gasteiger partial charge in [0.15, 0.2) is 0 Å². The Kier molecular flexibility index (Phi) is 14.9. The van der Waals surface area contributed by atoms with Gasteiger partial charge in [-0.05, 0) is 193 Å². The molecule has 1 spiro atoms. The molecule has 4 nitrogen and oxygen atoms in total. The number of furan rings is 4. The lowest BCUT2D eigenvalue weighted by atomic mass is 9.67. The van der Waals surface area contributed by atoms with Gasteiger partial charge in [0.05, 0.1) is 10.8 Å². The van der Waals surface area contributed by atoms with E-state index < -0.39 is 10.8 Å². The number of hydrogen-bond acceptors (Lipinski definition) is 6. The lowest BCUT2D eigenvalue weighted by Gasteiger charge is -2.33. The molecule has 3 aliphatic carbocycles. The summed E-state index contributed by atoms with van der Waals surface area (Å²) in [6, 6.07) is 156. The van der Waals surface area contributed by atoms with Crippen molar-refractivity contribution in [1.82, 2.24) is 0 Å². The second-order valence-electron chi connectivity index (χ2n) is 35.8. The van der Waals surface area contributed by atoms with Gasteiger partial charge in [0.1, 0.15) is 44.7 Å². The van der Waals surface area contributed by atoms with Crippen LogP contribution in [0.3, 0.4) is 0 Å². The zero-order chi connectivity index (χ0) is 85.9. The average molecular weight is 1710 g/mol. The summed E-state index contributed by atoms with van der Waals surface area (Å²) in [6.45, 7) is 0. The van der Waals surface area contributed by atoms with E-state index in [1.54, 1.807) is 0 Å². The van der Waals surface area contributed by atoms with Gasteiger partial charge >= 0.3 is 0 Å². The summed E-state index contributed by atoms with van der Waals surface area (Å²) in [4.78, 5) is 0. The molecule has 0 atom stereocenters. The molecular formula is C126H70O4S2. The van der Waals surface area contributed by atoms with Crippen molar-refractivity contribution in [1.29, 1.82) is 0 Å². The Bertz CT molecular complexity index is 9680. The van der Waals surface area contributed by atoms with E-state index in [1.165, 1.54) is 200 Å². The van der Waals surface area contributed by atoms with Crippen molar-refractivity contribution in [2.45, 2.75) is 10.8 Å². The molecule has 0 aliphatic heterocycles. The number of para-hydroxylation sites is 3. The summed E-state index contributed by atoms with van der Waals surface area (Å²) in [5.74, 6) is 0. The SMILES string of the molecule is c1ccc(C2(c3ccccc3)c3ccccc3-c3c2ccc2oc4c(-c5c6ccccc6c(-c6ccc7oc8ccc9sc%10ccccc%10c9c8c7c6)c6ccccc56)cccc4c32)cc1.c1ccc2c(c1)-c1ccccc1C21c2ccccc2-c2c1ccc1oc3c(-c4c5ccccc5c(-c5cccc6c5oc5ccc7sc8ccccc8c7c56)c5ccccc45)cccc3c21. The van der Waals surface area contributed by atoms with Crippen molar-refractivity contribution >= 4 is 194 Å². The average Bonchev–Trinajstić information content (AvgIpc) is 1.52. The Morgan fingerprint density at radius 2 is 0.462 bits per heavy atom. The minimum Gasteiger partial charge on any atom is -0.456 e. The van der Waals surface area contributed by atoms with Crippen LogP contribution in [-0.4, -0.2) is 0 Å². The Morgan fingerprint density at radius 1 is 0.159 bits per heavy atom. The van der Waals surface area contributed by atoms with E-state index in [1.807, 2.05) is 22.7 Å². The second-order valence-corrected chi connectivity index (χ2v) is 38.0. The fourth-order valence-electron chi connectivity index (χ4n) is 24.7. The highest BCUT2D eigenvalue weighted by Gasteiger charge is 2.53. The molecule has 0 bridgehead atoms. The summed E-state index contributed by atoms with van der Waals surface area (Å²) < 4.78 is 33.1. The summed E-state index contributed by atoms with van der Waals surface area (Å²) in [7, 11) is 0. The Balaban J connectivity index is 0.000000127. The molecule has 0 radical (unpaired) electrons. The Hall–Kier alpha value is -16.5. The highest BCUT2D eigenvalue weighted by atomic mass is 32.1. The van der Waals surface area contributed by atoms with Gasteiger partial charge in [-0.2, -0.15) is 0 Å². The van der Waals surface area contributed by atoms with Gasteiger partial charge in [0, 0.05) is 117 Å². The topological polar surface area (TPSA) is 52.6 Å². The van der Waals surface area contributed by atoms with Crippen LogP contribution in [-0.2, 0) is 10.8 Å². The van der Waals surface area contributed by atoms with Crippen LogP contribution in [0.4, 0.5) is 0 Å². The number of benzene rings is 22. The van der Waals surface area contributed by atoms with Crippen LogP contribution in [0.1, 0.15) is 44.5 Å². The molecule has 6 heteroatoms. The largest absolute Gasteiger partial charge is 0.456 e. The Labute approximate surface area is 763 Å². The molecule has 0 saturated carbocycles. The van der Waals surface area contributed by atoms with Gasteiger partial charge < -0.3 is 17.7 Å². The molecular weight excluding hydrogens is 1640 g/mol. The fourth-order valence-corrected chi connectivity index (χ4v) is 26.9. The molecule has 610 valence electrons. The van der Waals surface area contributed by atoms with E-state index in [0.717, 1.165) is 93.8 Å². The highest BCUT2D eigenvalue weighted by Crippen LogP contribution is 2.66. The zero-order valence-corrected chi connectivity index (χ0v) is 72.5. The molecule has 22 aromatic carbocycles. The smallest absolute Gasteiger partial charge is 0.143 e. The minimum atomic E-state index is -0.499. The number of fused-ring (bicyclic) bond motifs is 39. The maximum absolute atomic E-state index is 7.22. The first kappa shape index (κ1) is 72.5. The standard InChI is InChI=1S/C63H34O2S.C63H36O2S/c1-3-19-39-37(17-1)55(38-18-2-4-20-40(38)56(39)44-24-14-26-46-59-52(65-62(44)46)33-34-54-60(59)42-22-8-12-30-53(42)66-54)43-23-13-25-45-58-51(64-61(43)45)32-31-50-57(58)41-21-7-11-29-49(41)63(50)47-27-9-5-15-35(47)36-16-6-10-28-48(36)63;1-3-16-38(17-4-1)63(39-18-5-2-6-19-39)49-28-13-11-24-44(49)58-50(63)31-33-53-59(58)47-27-15-26-46(62(47)65-53)57-42-22-9-7-20-40(42)56(41-21-8-10-23-43(41)57)37-30-32-51-48(36-37)60-52(64-51)34-35-55-61(60)45-25-12-14-29-54(45)66-55/h1-34H;1-36H. The summed E-state index contributed by atoms with van der Waals surface area (Å²) >= 11 is 3.69. The van der Waals surface area contributed by atoms with Crippen LogP contribution in [0.5, 0.6) is 0 Å². The van der Waals surface area contributed by atoms with Gasteiger partial charge in [0.2, 0.25) is 0 Å². The Morgan fingerprint density at radius 3 is 0.902 bits per heavy atom. The van der Waals surface area contributed by atoms with Crippen molar-refractivity contribution < 1.29 is 17.7 Å². The van der Waals surface area contributed by atoms with Crippen LogP contribution in [0.25, 0.3) is 249 Å². The van der Waals surface area contributed by atoms with Crippen LogP contribution in [0.2, 0.25) is 0 Å². The molecule has 3 aliphatic rings. The highest BCUT2D eigenvalue weighted by molar-refractivity contribution is 7.26. The van der Waals surface area contributed by atoms with Crippen molar-refractivity contribution in [3.05, 3.63) is 469 Å². The maximum atomic E-state index is 7.22. The monoisotopic (exact) mass is 1710 g/mol. The predicted molar refractivity (Wildman–Crippen MR) is 553 cm³/mol. The van der Waals surface area contributed by atoms with Gasteiger partial charge in [-0.25, -0.2) is 0 Å². The van der Waals surface area contributed by atoms with Gasteiger partial charge in [-0.1, -0.05) is 364 Å². The van der Waals surface area contributed by atoms with Crippen molar-refractivity contribution in [2.24, 2.45) is 0 Å². The van der Waals surface area contributed by atoms with Crippen molar-refractivity contribution in [3.8, 4) is 77.9 Å². The third kappa shape index (κ3) is 9.52. The summed E-state index contributed by atoms with van der Waals surface area (Å²) in [5, 5.41) is 23.8. The first-order chi connectivity index (χ1) is 65.5. The first-order valence-electron chi connectivity index (χ1n) is 45.4. The van der Waals surface area contributed by atoms with E-state index in [2.05, 4.69) is 425 Å². The number of rotatable bonds is 6. The second kappa shape index (κ2) is 27.1. The first-order valence-corrected chi connectivity index (χ1v) is 47.0. The maximum Gasteiger partial charge on any atom is 0.143 e. The molecule has 0 unspecified atom stereocenters. The van der Waals surface area contributed by atoms with Crippen LogP contribution in [0.15, 0.2) is 442 Å². The van der Waals surface area contributed by atoms with Crippen molar-refractivity contribution in [2.75, 3.05) is 0 Å². The normalized spacial score (nSPS) is 13.4. The van der Waals surface area contributed by atoms with Gasteiger partial charge in [0.25, 0.3) is 0 Å². The molecule has 0 fully saturated rings. The minimum absolute atomic E-state index is 0.428. The van der Waals surface area contributed by atoms with E-state index in [0.29, 0.717) is 0 Å². The molecule has 0 amide bonds. The van der Waals surface area contributed by atoms with E-state index in [-0.39, 0.29) is 0 Å². The summed E-state index contributed by atoms with van der Waals surface area (Å²) in [6.07, 6.45) is 0. The number of hydrogen-bond donors (Lipinski definition) is 0. The lowest BCUT2D eigenvalue weighted by Crippen LogP contribution is -2.28. The van der Waals surface area contributed by atoms with Crippen LogP contribution >= 0.6 is 22.7 Å². The zero-order valence-electron chi connectivity index (χ0n) is 70.9. The summed E-state index contributed by atoms with van der Waals surface area (Å²) in [5.41, 5.74) is 33.5. The molecule has 6 heterocycles. The molecule has 28 aromatic rings. The lowest BCUT2D eigenvalue weighted by molar-refractivity contribution is 0.669. The third-order valence-corrected chi connectivity index (χ3v) is 31.9. The van der Waals surface area contributed by atoms with Crippen LogP contribution in [0, 0.1) is 0 Å². The molecule has 6 aromatic heterocycles. The quantitative estimate of drug-likeness (QED) is 0.156. The molecule has 31 rings (SSSR count). The van der Waals surface area contributed by atoms with E-state index in [4.69, 9.17) is 17.7 Å². The molecule has 0 saturated heterocycles. The van der Waals surface area contributed by atoms with Gasteiger partial charge in [-0.15, -0.1) is 22.7 Å². The van der Waals surface area contributed by atoms with E-state index in [9.17, 15) is 0 Å². The molecule has 0 N–H and O–H groups in total. The van der Waals surface area contributed by atoms with Crippen molar-refractivity contribution in [3.63, 3.8) is 0 Å². The van der Waals surface area contributed by atoms with Crippen LogP contribution < -0.4 is 0 Å².